The van der Waals surface area contributed by atoms with Crippen LogP contribution in [0.4, 0.5) is 0 Å². The van der Waals surface area contributed by atoms with Crippen LogP contribution in [-0.2, 0) is 0 Å². The van der Waals surface area contributed by atoms with Gasteiger partial charge in [-0.2, -0.15) is 0 Å². The van der Waals surface area contributed by atoms with Gasteiger partial charge < -0.3 is 0 Å². The quantitative estimate of drug-likeness (QED) is 0.567. The third-order valence-electron chi connectivity index (χ3n) is 2.75. The summed E-state index contributed by atoms with van der Waals surface area (Å²) < 4.78 is 0. The van der Waals surface area contributed by atoms with E-state index in [9.17, 15) is 0 Å². The number of alkyl halides is 1. The van der Waals surface area contributed by atoms with Crippen LogP contribution in [0, 0.1) is 11.3 Å². The number of hydrogen-bond acceptors (Lipinski definition) is 0. The van der Waals surface area contributed by atoms with Crippen molar-refractivity contribution in [2.45, 2.75) is 52.8 Å². The first kappa shape index (κ1) is 11.3. The molecule has 0 nitrogen and oxygen atoms in total. The SMILES string of the molecule is CCC(C)C(C)(C)CC(C)Cl. The fourth-order valence-electron chi connectivity index (χ4n) is 1.48. The van der Waals surface area contributed by atoms with Crippen molar-refractivity contribution in [2.75, 3.05) is 0 Å². The first-order chi connectivity index (χ1) is 4.90. The van der Waals surface area contributed by atoms with E-state index in [1.54, 1.807) is 0 Å². The molecular weight excluding hydrogens is 156 g/mol. The zero-order chi connectivity index (χ0) is 9.07. The van der Waals surface area contributed by atoms with Crippen LogP contribution in [0.3, 0.4) is 0 Å². The topological polar surface area (TPSA) is 0 Å². The van der Waals surface area contributed by atoms with E-state index in [-0.39, 0.29) is 0 Å². The Bertz CT molecular complexity index is 105. The molecular formula is C10H21Cl. The van der Waals surface area contributed by atoms with Crippen molar-refractivity contribution in [3.63, 3.8) is 0 Å². The van der Waals surface area contributed by atoms with E-state index >= 15 is 0 Å². The lowest BCUT2D eigenvalue weighted by atomic mass is 9.75. The fourth-order valence-corrected chi connectivity index (χ4v) is 1.88. The summed E-state index contributed by atoms with van der Waals surface area (Å²) in [5.74, 6) is 0.767. The van der Waals surface area contributed by atoms with Crippen molar-refractivity contribution in [1.82, 2.24) is 0 Å². The van der Waals surface area contributed by atoms with Gasteiger partial charge in [-0.3, -0.25) is 0 Å². The molecule has 0 saturated heterocycles. The van der Waals surface area contributed by atoms with Crippen LogP contribution in [-0.4, -0.2) is 5.38 Å². The minimum absolute atomic E-state index is 0.305. The lowest BCUT2D eigenvalue weighted by molar-refractivity contribution is 0.206. The molecule has 0 N–H and O–H groups in total. The monoisotopic (exact) mass is 176 g/mol. The standard InChI is InChI=1S/C10H21Cl/c1-6-8(2)10(4,5)7-9(3)11/h8-9H,6-7H2,1-5H3. The first-order valence-corrected chi connectivity index (χ1v) is 4.98. The molecule has 0 aromatic carbocycles. The van der Waals surface area contributed by atoms with Gasteiger partial charge in [-0.1, -0.05) is 34.1 Å². The summed E-state index contributed by atoms with van der Waals surface area (Å²) in [4.78, 5) is 0. The van der Waals surface area contributed by atoms with E-state index in [0.29, 0.717) is 10.8 Å². The smallest absolute Gasteiger partial charge is 0.0313 e. The predicted octanol–water partition coefficient (Wildman–Crippen LogP) is 4.08. The van der Waals surface area contributed by atoms with Gasteiger partial charge in [0.15, 0.2) is 0 Å². The van der Waals surface area contributed by atoms with Crippen LogP contribution in [0.25, 0.3) is 0 Å². The Morgan fingerprint density at radius 1 is 1.27 bits per heavy atom. The average molecular weight is 177 g/mol. The van der Waals surface area contributed by atoms with Crippen molar-refractivity contribution in [2.24, 2.45) is 11.3 Å². The summed E-state index contributed by atoms with van der Waals surface area (Å²) in [6, 6.07) is 0. The van der Waals surface area contributed by atoms with Crippen LogP contribution in [0.1, 0.15) is 47.5 Å². The Balaban J connectivity index is 3.98. The molecule has 0 spiro atoms. The highest BCUT2D eigenvalue weighted by molar-refractivity contribution is 6.20. The minimum atomic E-state index is 0.305. The number of rotatable bonds is 4. The van der Waals surface area contributed by atoms with Crippen molar-refractivity contribution in [3.05, 3.63) is 0 Å². The minimum Gasteiger partial charge on any atom is -0.123 e. The molecule has 0 radical (unpaired) electrons. The molecule has 0 saturated carbocycles. The average Bonchev–Trinajstić information content (AvgIpc) is 1.83. The highest BCUT2D eigenvalue weighted by Crippen LogP contribution is 2.34. The molecule has 0 heterocycles. The molecule has 0 bridgehead atoms. The molecule has 68 valence electrons. The molecule has 11 heavy (non-hydrogen) atoms. The normalized spacial score (nSPS) is 18.0. The van der Waals surface area contributed by atoms with Gasteiger partial charge in [0.05, 0.1) is 0 Å². The molecule has 0 aliphatic carbocycles. The van der Waals surface area contributed by atoms with Gasteiger partial charge in [-0.15, -0.1) is 11.6 Å². The maximum Gasteiger partial charge on any atom is 0.0313 e. The van der Waals surface area contributed by atoms with Crippen LogP contribution in [0.15, 0.2) is 0 Å². The Kier molecular flexibility index (Phi) is 4.46. The van der Waals surface area contributed by atoms with Crippen molar-refractivity contribution in [3.8, 4) is 0 Å². The number of hydrogen-bond donors (Lipinski definition) is 0. The van der Waals surface area contributed by atoms with Gasteiger partial charge in [0.2, 0.25) is 0 Å². The summed E-state index contributed by atoms with van der Waals surface area (Å²) in [5.41, 5.74) is 0.399. The molecule has 2 atom stereocenters. The second-order valence-electron chi connectivity index (χ2n) is 4.28. The van der Waals surface area contributed by atoms with E-state index in [1.165, 1.54) is 6.42 Å². The van der Waals surface area contributed by atoms with Gasteiger partial charge in [-0.25, -0.2) is 0 Å². The predicted molar refractivity (Wildman–Crippen MR) is 53.2 cm³/mol. The molecule has 0 rings (SSSR count). The summed E-state index contributed by atoms with van der Waals surface area (Å²) in [6.45, 7) is 11.2. The van der Waals surface area contributed by atoms with Crippen molar-refractivity contribution >= 4 is 11.6 Å². The van der Waals surface area contributed by atoms with Gasteiger partial charge in [-0.05, 0) is 24.7 Å². The van der Waals surface area contributed by atoms with Crippen molar-refractivity contribution < 1.29 is 0 Å². The summed E-state index contributed by atoms with van der Waals surface area (Å²) >= 11 is 5.96. The molecule has 0 fully saturated rings. The molecule has 0 aliphatic rings. The fraction of sp³-hybridized carbons (Fsp3) is 1.00. The van der Waals surface area contributed by atoms with E-state index in [0.717, 1.165) is 12.3 Å². The molecule has 1 heteroatoms. The second-order valence-corrected chi connectivity index (χ2v) is 5.03. The first-order valence-electron chi connectivity index (χ1n) is 4.54. The van der Waals surface area contributed by atoms with Crippen LogP contribution in [0.5, 0.6) is 0 Å². The molecule has 0 aliphatic heterocycles. The van der Waals surface area contributed by atoms with Crippen LogP contribution in [0.2, 0.25) is 0 Å². The van der Waals surface area contributed by atoms with Crippen LogP contribution < -0.4 is 0 Å². The maximum absolute atomic E-state index is 5.96. The van der Waals surface area contributed by atoms with Gasteiger partial charge in [0, 0.05) is 5.38 Å². The summed E-state index contributed by atoms with van der Waals surface area (Å²) in [7, 11) is 0. The van der Waals surface area contributed by atoms with Gasteiger partial charge >= 0.3 is 0 Å². The zero-order valence-electron chi connectivity index (χ0n) is 8.45. The third-order valence-corrected chi connectivity index (χ3v) is 2.91. The summed E-state index contributed by atoms with van der Waals surface area (Å²) in [5, 5.41) is 0.305. The highest BCUT2D eigenvalue weighted by Gasteiger charge is 2.25. The maximum atomic E-state index is 5.96. The Morgan fingerprint density at radius 2 is 1.73 bits per heavy atom. The Hall–Kier alpha value is 0.290. The van der Waals surface area contributed by atoms with E-state index in [1.807, 2.05) is 0 Å². The van der Waals surface area contributed by atoms with Crippen molar-refractivity contribution in [1.29, 1.82) is 0 Å². The molecule has 0 aromatic rings. The molecule has 2 unspecified atom stereocenters. The van der Waals surface area contributed by atoms with E-state index < -0.39 is 0 Å². The number of halogens is 1. The molecule has 0 aromatic heterocycles. The Labute approximate surface area is 76.3 Å². The lowest BCUT2D eigenvalue weighted by Gasteiger charge is -2.32. The van der Waals surface area contributed by atoms with E-state index in [2.05, 4.69) is 34.6 Å². The third kappa shape index (κ3) is 4.00. The Morgan fingerprint density at radius 3 is 2.00 bits per heavy atom. The molecule has 0 amide bonds. The van der Waals surface area contributed by atoms with Gasteiger partial charge in [0.25, 0.3) is 0 Å². The van der Waals surface area contributed by atoms with Gasteiger partial charge in [0.1, 0.15) is 0 Å². The van der Waals surface area contributed by atoms with E-state index in [4.69, 9.17) is 11.6 Å². The van der Waals surface area contributed by atoms with Crippen LogP contribution >= 0.6 is 11.6 Å². The second kappa shape index (κ2) is 4.35. The summed E-state index contributed by atoms with van der Waals surface area (Å²) in [6.07, 6.45) is 2.36. The lowest BCUT2D eigenvalue weighted by Crippen LogP contribution is -2.23. The zero-order valence-corrected chi connectivity index (χ0v) is 9.20. The highest BCUT2D eigenvalue weighted by atomic mass is 35.5. The largest absolute Gasteiger partial charge is 0.123 e.